The summed E-state index contributed by atoms with van der Waals surface area (Å²) >= 11 is 0. The van der Waals surface area contributed by atoms with Crippen LogP contribution in [0.15, 0.2) is 42.9 Å². The molecule has 1 amide bonds. The van der Waals surface area contributed by atoms with Crippen LogP contribution in [0.25, 0.3) is 0 Å². The first-order chi connectivity index (χ1) is 10.1. The fraction of sp³-hybridized carbons (Fsp3) is 0.267. The van der Waals surface area contributed by atoms with E-state index in [9.17, 15) is 9.59 Å². The second-order valence-corrected chi connectivity index (χ2v) is 4.62. The van der Waals surface area contributed by atoms with Crippen molar-refractivity contribution >= 4 is 11.9 Å². The minimum atomic E-state index is -0.752. The Morgan fingerprint density at radius 1 is 1.33 bits per heavy atom. The molecule has 1 heterocycles. The summed E-state index contributed by atoms with van der Waals surface area (Å²) in [7, 11) is 3.13. The average Bonchev–Trinajstić information content (AvgIpc) is 2.91. The summed E-state index contributed by atoms with van der Waals surface area (Å²) in [4.78, 5) is 28.0. The Hall–Kier alpha value is -2.63. The molecule has 0 unspecified atom stereocenters. The minimum Gasteiger partial charge on any atom is -0.467 e. The van der Waals surface area contributed by atoms with Gasteiger partial charge in [0.2, 0.25) is 0 Å². The summed E-state index contributed by atoms with van der Waals surface area (Å²) < 4.78 is 6.55. The zero-order valence-corrected chi connectivity index (χ0v) is 11.9. The van der Waals surface area contributed by atoms with Gasteiger partial charge in [0.15, 0.2) is 0 Å². The van der Waals surface area contributed by atoms with Gasteiger partial charge in [-0.25, -0.2) is 9.78 Å². The van der Waals surface area contributed by atoms with E-state index in [-0.39, 0.29) is 5.91 Å². The highest BCUT2D eigenvalue weighted by Gasteiger charge is 2.23. The summed E-state index contributed by atoms with van der Waals surface area (Å²) in [6.45, 7) is 0. The molecule has 1 aromatic heterocycles. The molecule has 0 aliphatic rings. The van der Waals surface area contributed by atoms with Crippen molar-refractivity contribution in [2.45, 2.75) is 12.5 Å². The van der Waals surface area contributed by atoms with E-state index in [0.29, 0.717) is 12.0 Å². The number of esters is 1. The maximum absolute atomic E-state index is 12.1. The quantitative estimate of drug-likeness (QED) is 0.830. The number of nitrogens with zero attached hydrogens (tertiary/aromatic N) is 2. The highest BCUT2D eigenvalue weighted by Crippen LogP contribution is 2.05. The molecule has 2 rings (SSSR count). The monoisotopic (exact) mass is 287 g/mol. The molecule has 0 bridgehead atoms. The van der Waals surface area contributed by atoms with Crippen molar-refractivity contribution in [3.63, 3.8) is 0 Å². The molecule has 6 nitrogen and oxygen atoms in total. The van der Waals surface area contributed by atoms with E-state index in [1.54, 1.807) is 41.4 Å². The summed E-state index contributed by atoms with van der Waals surface area (Å²) in [5, 5.41) is 2.69. The van der Waals surface area contributed by atoms with Crippen LogP contribution < -0.4 is 5.32 Å². The van der Waals surface area contributed by atoms with Crippen LogP contribution in [0.4, 0.5) is 0 Å². The molecular formula is C15H17N3O3. The molecule has 6 heteroatoms. The topological polar surface area (TPSA) is 73.2 Å². The van der Waals surface area contributed by atoms with Gasteiger partial charge in [-0.3, -0.25) is 4.79 Å². The van der Waals surface area contributed by atoms with Gasteiger partial charge in [0.1, 0.15) is 6.04 Å². The van der Waals surface area contributed by atoms with Crippen molar-refractivity contribution in [1.29, 1.82) is 0 Å². The summed E-state index contributed by atoms with van der Waals surface area (Å²) in [5.74, 6) is -0.798. The molecule has 0 saturated heterocycles. The Bertz CT molecular complexity index is 622. The van der Waals surface area contributed by atoms with E-state index in [2.05, 4.69) is 10.3 Å². The number of hydrogen-bond donors (Lipinski definition) is 1. The summed E-state index contributed by atoms with van der Waals surface area (Å²) in [5.41, 5.74) is 1.33. The van der Waals surface area contributed by atoms with Gasteiger partial charge in [-0.2, -0.15) is 0 Å². The number of imidazole rings is 1. The van der Waals surface area contributed by atoms with Gasteiger partial charge in [-0.05, 0) is 12.1 Å². The van der Waals surface area contributed by atoms with Crippen molar-refractivity contribution in [1.82, 2.24) is 14.9 Å². The smallest absolute Gasteiger partial charge is 0.328 e. The van der Waals surface area contributed by atoms with Crippen LogP contribution in [0.1, 0.15) is 16.1 Å². The predicted octanol–water partition coefficient (Wildman–Crippen LogP) is 0.934. The van der Waals surface area contributed by atoms with Crippen molar-refractivity contribution in [2.75, 3.05) is 7.11 Å². The number of methoxy groups -OCH3 is 1. The summed E-state index contributed by atoms with van der Waals surface area (Å²) in [6.07, 6.45) is 3.62. The van der Waals surface area contributed by atoms with Crippen LogP contribution in [0.5, 0.6) is 0 Å². The van der Waals surface area contributed by atoms with Gasteiger partial charge in [0, 0.05) is 30.9 Å². The van der Waals surface area contributed by atoms with Crippen LogP contribution >= 0.6 is 0 Å². The van der Waals surface area contributed by atoms with E-state index in [0.717, 1.165) is 5.69 Å². The van der Waals surface area contributed by atoms with Crippen molar-refractivity contribution in [3.8, 4) is 0 Å². The molecule has 0 radical (unpaired) electrons. The SMILES string of the molecule is COC(=O)[C@H](Cc1cncn1C)NC(=O)c1ccccc1. The van der Waals surface area contributed by atoms with E-state index < -0.39 is 12.0 Å². The highest BCUT2D eigenvalue weighted by atomic mass is 16.5. The average molecular weight is 287 g/mol. The maximum Gasteiger partial charge on any atom is 0.328 e. The molecule has 0 saturated carbocycles. The lowest BCUT2D eigenvalue weighted by molar-refractivity contribution is -0.142. The molecule has 0 fully saturated rings. The predicted molar refractivity (Wildman–Crippen MR) is 76.6 cm³/mol. The number of hydrogen-bond acceptors (Lipinski definition) is 4. The van der Waals surface area contributed by atoms with Crippen molar-refractivity contribution in [3.05, 3.63) is 54.1 Å². The van der Waals surface area contributed by atoms with Crippen molar-refractivity contribution in [2.24, 2.45) is 7.05 Å². The van der Waals surface area contributed by atoms with E-state index in [1.165, 1.54) is 7.11 Å². The molecule has 1 N–H and O–H groups in total. The van der Waals surface area contributed by atoms with Gasteiger partial charge in [0.05, 0.1) is 13.4 Å². The zero-order chi connectivity index (χ0) is 15.2. The largest absolute Gasteiger partial charge is 0.467 e. The normalized spacial score (nSPS) is 11.7. The molecule has 0 aliphatic carbocycles. The minimum absolute atomic E-state index is 0.312. The maximum atomic E-state index is 12.1. The van der Waals surface area contributed by atoms with E-state index >= 15 is 0 Å². The number of aryl methyl sites for hydroxylation is 1. The van der Waals surface area contributed by atoms with Crippen LogP contribution in [0.2, 0.25) is 0 Å². The van der Waals surface area contributed by atoms with E-state index in [4.69, 9.17) is 4.74 Å². The number of ether oxygens (including phenoxy) is 1. The number of carbonyl (C=O) groups excluding carboxylic acids is 2. The second-order valence-electron chi connectivity index (χ2n) is 4.62. The Balaban J connectivity index is 2.12. The fourth-order valence-corrected chi connectivity index (χ4v) is 1.96. The summed E-state index contributed by atoms with van der Waals surface area (Å²) in [6, 6.07) is 7.98. The van der Waals surface area contributed by atoms with Crippen molar-refractivity contribution < 1.29 is 14.3 Å². The first kappa shape index (κ1) is 14.8. The molecular weight excluding hydrogens is 270 g/mol. The fourth-order valence-electron chi connectivity index (χ4n) is 1.96. The standard InChI is InChI=1S/C15H17N3O3/c1-18-10-16-9-12(18)8-13(15(20)21-2)17-14(19)11-6-4-3-5-7-11/h3-7,9-10,13H,8H2,1-2H3,(H,17,19)/t13-/m0/s1. The lowest BCUT2D eigenvalue weighted by Gasteiger charge is -2.16. The Labute approximate surface area is 122 Å². The molecule has 2 aromatic rings. The third-order valence-electron chi connectivity index (χ3n) is 3.16. The number of amides is 1. The Morgan fingerprint density at radius 2 is 2.05 bits per heavy atom. The molecule has 110 valence electrons. The van der Waals surface area contributed by atoms with Gasteiger partial charge in [-0.15, -0.1) is 0 Å². The molecule has 1 aromatic carbocycles. The number of aromatic nitrogens is 2. The zero-order valence-electron chi connectivity index (χ0n) is 11.9. The number of nitrogens with one attached hydrogen (secondary N) is 1. The molecule has 0 spiro atoms. The number of carbonyl (C=O) groups is 2. The van der Waals surface area contributed by atoms with Crippen LogP contribution in [-0.4, -0.2) is 34.6 Å². The second kappa shape index (κ2) is 6.69. The lowest BCUT2D eigenvalue weighted by Crippen LogP contribution is -2.43. The molecule has 0 aliphatic heterocycles. The van der Waals surface area contributed by atoms with Gasteiger partial charge >= 0.3 is 5.97 Å². The first-order valence-corrected chi connectivity index (χ1v) is 6.50. The number of benzene rings is 1. The molecule has 21 heavy (non-hydrogen) atoms. The van der Waals surface area contributed by atoms with Gasteiger partial charge in [-0.1, -0.05) is 18.2 Å². The lowest BCUT2D eigenvalue weighted by atomic mass is 10.1. The van der Waals surface area contributed by atoms with Crippen LogP contribution in [0.3, 0.4) is 0 Å². The third-order valence-corrected chi connectivity index (χ3v) is 3.16. The van der Waals surface area contributed by atoms with Crippen LogP contribution in [-0.2, 0) is 23.0 Å². The Kier molecular flexibility index (Phi) is 4.71. The van der Waals surface area contributed by atoms with E-state index in [1.807, 2.05) is 13.1 Å². The van der Waals surface area contributed by atoms with Gasteiger partial charge < -0.3 is 14.6 Å². The Morgan fingerprint density at radius 3 is 2.62 bits per heavy atom. The first-order valence-electron chi connectivity index (χ1n) is 6.50. The van der Waals surface area contributed by atoms with Crippen LogP contribution in [0, 0.1) is 0 Å². The van der Waals surface area contributed by atoms with Gasteiger partial charge in [0.25, 0.3) is 5.91 Å². The highest BCUT2D eigenvalue weighted by molar-refractivity contribution is 5.96. The third kappa shape index (κ3) is 3.68. The number of rotatable bonds is 5. The molecule has 1 atom stereocenters.